The molecule has 1 heterocycles. The first-order valence-corrected chi connectivity index (χ1v) is 12.5. The van der Waals surface area contributed by atoms with Crippen LogP contribution in [0.2, 0.25) is 0 Å². The van der Waals surface area contributed by atoms with Gasteiger partial charge in [-0.15, -0.1) is 0 Å². The van der Waals surface area contributed by atoms with Gasteiger partial charge < -0.3 is 20.1 Å². The van der Waals surface area contributed by atoms with Crippen molar-refractivity contribution in [3.63, 3.8) is 0 Å². The fourth-order valence-electron chi connectivity index (χ4n) is 4.39. The number of hydrazone groups is 1. The Hall–Kier alpha value is -4.59. The van der Waals surface area contributed by atoms with Crippen molar-refractivity contribution in [1.82, 2.24) is 15.6 Å². The predicted octanol–water partition coefficient (Wildman–Crippen LogP) is 5.03. The predicted molar refractivity (Wildman–Crippen MR) is 147 cm³/mol. The molecule has 1 aliphatic heterocycles. The number of nitrogens with zero attached hydrogens (tertiary/aromatic N) is 2. The summed E-state index contributed by atoms with van der Waals surface area (Å²) in [7, 11) is 4.75. The van der Waals surface area contributed by atoms with Crippen LogP contribution in [0.5, 0.6) is 11.5 Å². The molecule has 3 amide bonds. The molecule has 0 bridgehead atoms. The molecule has 0 unspecified atom stereocenters. The largest absolute Gasteiger partial charge is 0.493 e. The highest BCUT2D eigenvalue weighted by Gasteiger charge is 2.25. The highest BCUT2D eigenvalue weighted by Crippen LogP contribution is 2.35. The van der Waals surface area contributed by atoms with Crippen molar-refractivity contribution >= 4 is 23.7 Å². The Morgan fingerprint density at radius 2 is 1.47 bits per heavy atom. The quantitative estimate of drug-likeness (QED) is 0.487. The molecule has 1 fully saturated rings. The van der Waals surface area contributed by atoms with Gasteiger partial charge in [0.25, 0.3) is 5.91 Å². The molecule has 38 heavy (non-hydrogen) atoms. The lowest BCUT2D eigenvalue weighted by Crippen LogP contribution is -2.33. The highest BCUT2D eigenvalue weighted by atomic mass is 16.5. The summed E-state index contributed by atoms with van der Waals surface area (Å²) < 4.78 is 11.1. The Labute approximate surface area is 221 Å². The average molecular weight is 511 g/mol. The lowest BCUT2D eigenvalue weighted by Gasteiger charge is -2.17. The SMILES string of the molecule is CNC(=O)N1N=C(c2ccc(-c3ccc(C(=O)NC4CC4)cc3)cc2)c2cc(OC)c(OC)cc2C=C1C. The monoisotopic (exact) mass is 510 g/mol. The summed E-state index contributed by atoms with van der Waals surface area (Å²) in [5.41, 5.74) is 6.44. The lowest BCUT2D eigenvalue weighted by atomic mass is 9.94. The Balaban J connectivity index is 1.51. The molecule has 194 valence electrons. The van der Waals surface area contributed by atoms with E-state index in [-0.39, 0.29) is 11.9 Å². The molecule has 2 aliphatic rings. The van der Waals surface area contributed by atoms with E-state index in [4.69, 9.17) is 14.6 Å². The molecule has 5 rings (SSSR count). The Morgan fingerprint density at radius 3 is 2.05 bits per heavy atom. The third kappa shape index (κ3) is 4.98. The zero-order valence-corrected chi connectivity index (χ0v) is 21.9. The number of hydrogen-bond acceptors (Lipinski definition) is 5. The molecule has 8 heteroatoms. The lowest BCUT2D eigenvalue weighted by molar-refractivity contribution is 0.0951. The van der Waals surface area contributed by atoms with Gasteiger partial charge in [-0.05, 0) is 66.8 Å². The first-order valence-electron chi connectivity index (χ1n) is 12.5. The number of carbonyl (C=O) groups excluding carboxylic acids is 2. The fourth-order valence-corrected chi connectivity index (χ4v) is 4.39. The van der Waals surface area contributed by atoms with Gasteiger partial charge in [0, 0.05) is 35.5 Å². The highest BCUT2D eigenvalue weighted by molar-refractivity contribution is 6.16. The molecule has 8 nitrogen and oxygen atoms in total. The number of urea groups is 1. The summed E-state index contributed by atoms with van der Waals surface area (Å²) in [5.74, 6) is 1.13. The van der Waals surface area contributed by atoms with Gasteiger partial charge in [-0.2, -0.15) is 10.1 Å². The van der Waals surface area contributed by atoms with Crippen molar-refractivity contribution in [2.75, 3.05) is 21.3 Å². The molecule has 0 atom stereocenters. The first-order chi connectivity index (χ1) is 18.4. The molecule has 1 aliphatic carbocycles. The molecule has 0 spiro atoms. The van der Waals surface area contributed by atoms with Gasteiger partial charge in [-0.25, -0.2) is 4.79 Å². The molecule has 1 saturated carbocycles. The van der Waals surface area contributed by atoms with Crippen molar-refractivity contribution in [3.05, 3.63) is 88.6 Å². The van der Waals surface area contributed by atoms with Crippen molar-refractivity contribution < 1.29 is 19.1 Å². The van der Waals surface area contributed by atoms with Crippen LogP contribution in [0.25, 0.3) is 17.2 Å². The second-order valence-electron chi connectivity index (χ2n) is 9.30. The fraction of sp³-hybridized carbons (Fsp3) is 0.233. The number of fused-ring (bicyclic) bond motifs is 1. The minimum atomic E-state index is -0.342. The smallest absolute Gasteiger partial charge is 0.342 e. The van der Waals surface area contributed by atoms with E-state index in [1.165, 1.54) is 5.01 Å². The summed E-state index contributed by atoms with van der Waals surface area (Å²) in [4.78, 5) is 25.0. The maximum absolute atomic E-state index is 12.7. The van der Waals surface area contributed by atoms with Crippen LogP contribution < -0.4 is 20.1 Å². The van der Waals surface area contributed by atoms with Crippen LogP contribution >= 0.6 is 0 Å². The molecule has 2 N–H and O–H groups in total. The Morgan fingerprint density at radius 1 is 0.895 bits per heavy atom. The zero-order valence-electron chi connectivity index (χ0n) is 21.9. The van der Waals surface area contributed by atoms with E-state index < -0.39 is 0 Å². The third-order valence-electron chi connectivity index (χ3n) is 6.67. The Kier molecular flexibility index (Phi) is 6.87. The number of methoxy groups -OCH3 is 2. The molecule has 3 aromatic carbocycles. The number of allylic oxidation sites excluding steroid dienone is 1. The molecule has 0 aromatic heterocycles. The number of carbonyl (C=O) groups is 2. The van der Waals surface area contributed by atoms with Gasteiger partial charge in [0.15, 0.2) is 11.5 Å². The van der Waals surface area contributed by atoms with Gasteiger partial charge in [0.2, 0.25) is 0 Å². The van der Waals surface area contributed by atoms with Crippen LogP contribution in [-0.2, 0) is 0 Å². The Bertz CT molecular complexity index is 1440. The van der Waals surface area contributed by atoms with Crippen molar-refractivity contribution in [2.24, 2.45) is 5.10 Å². The van der Waals surface area contributed by atoms with Crippen molar-refractivity contribution in [2.45, 2.75) is 25.8 Å². The zero-order chi connectivity index (χ0) is 26.8. The third-order valence-corrected chi connectivity index (χ3v) is 6.67. The summed E-state index contributed by atoms with van der Waals surface area (Å²) >= 11 is 0. The number of amides is 3. The second-order valence-corrected chi connectivity index (χ2v) is 9.30. The van der Waals surface area contributed by atoms with Crippen molar-refractivity contribution in [1.29, 1.82) is 0 Å². The summed E-state index contributed by atoms with van der Waals surface area (Å²) in [6, 6.07) is 19.3. The number of benzene rings is 3. The van der Waals surface area contributed by atoms with E-state index >= 15 is 0 Å². The normalized spacial score (nSPS) is 14.5. The van der Waals surface area contributed by atoms with Gasteiger partial charge in [0.05, 0.1) is 19.9 Å². The summed E-state index contributed by atoms with van der Waals surface area (Å²) in [5, 5.41) is 11.8. The number of nitrogens with one attached hydrogen (secondary N) is 2. The van der Waals surface area contributed by atoms with Crippen LogP contribution in [0, 0.1) is 0 Å². The van der Waals surface area contributed by atoms with E-state index in [2.05, 4.69) is 10.6 Å². The van der Waals surface area contributed by atoms with Crippen LogP contribution in [0.4, 0.5) is 4.79 Å². The van der Waals surface area contributed by atoms with E-state index in [9.17, 15) is 9.59 Å². The van der Waals surface area contributed by atoms with Crippen LogP contribution in [-0.4, -0.2) is 50.0 Å². The van der Waals surface area contributed by atoms with E-state index in [0.717, 1.165) is 40.7 Å². The molecule has 3 aromatic rings. The van der Waals surface area contributed by atoms with Crippen molar-refractivity contribution in [3.8, 4) is 22.6 Å². The van der Waals surface area contributed by atoms with Gasteiger partial charge in [-0.3, -0.25) is 4.79 Å². The minimum Gasteiger partial charge on any atom is -0.493 e. The topological polar surface area (TPSA) is 92.3 Å². The molecular weight excluding hydrogens is 480 g/mol. The molecule has 0 saturated heterocycles. The first kappa shape index (κ1) is 25.1. The maximum Gasteiger partial charge on any atom is 0.342 e. The van der Waals surface area contributed by atoms with E-state index in [0.29, 0.717) is 34.5 Å². The molecular formula is C30H30N4O4. The van der Waals surface area contributed by atoms with Gasteiger partial charge in [-0.1, -0.05) is 36.4 Å². The molecule has 0 radical (unpaired) electrons. The number of ether oxygens (including phenoxy) is 2. The van der Waals surface area contributed by atoms with Crippen LogP contribution in [0.3, 0.4) is 0 Å². The summed E-state index contributed by atoms with van der Waals surface area (Å²) in [6.07, 6.45) is 4.02. The van der Waals surface area contributed by atoms with Gasteiger partial charge >= 0.3 is 6.03 Å². The standard InChI is InChI=1S/C30H30N4O4/c1-18-15-23-16-26(37-3)27(38-4)17-25(23)28(33-34(18)30(36)31-2)21-9-5-19(6-10-21)20-7-11-22(12-8-20)29(35)32-24-13-14-24/h5-12,15-17,24H,13-14H2,1-4H3,(H,31,36)(H,32,35). The van der Waals surface area contributed by atoms with Crippen LogP contribution in [0.15, 0.2) is 71.5 Å². The minimum absolute atomic E-state index is 0.0314. The summed E-state index contributed by atoms with van der Waals surface area (Å²) in [6.45, 7) is 1.83. The number of hydrogen-bond donors (Lipinski definition) is 2. The van der Waals surface area contributed by atoms with Gasteiger partial charge in [0.1, 0.15) is 0 Å². The average Bonchev–Trinajstić information content (AvgIpc) is 3.78. The van der Waals surface area contributed by atoms with E-state index in [1.54, 1.807) is 21.3 Å². The maximum atomic E-state index is 12.7. The van der Waals surface area contributed by atoms with E-state index in [1.807, 2.05) is 73.7 Å². The van der Waals surface area contributed by atoms with Crippen LogP contribution in [0.1, 0.15) is 46.8 Å². The number of rotatable bonds is 6. The second kappa shape index (κ2) is 10.4.